The van der Waals surface area contributed by atoms with Crippen LogP contribution in [0.1, 0.15) is 42.0 Å². The molecule has 0 bridgehead atoms. The van der Waals surface area contributed by atoms with Crippen molar-refractivity contribution in [2.75, 3.05) is 25.5 Å². The van der Waals surface area contributed by atoms with Gasteiger partial charge in [0.15, 0.2) is 5.13 Å². The van der Waals surface area contributed by atoms with E-state index in [9.17, 15) is 4.79 Å². The van der Waals surface area contributed by atoms with Crippen LogP contribution in [0.4, 0.5) is 5.13 Å². The van der Waals surface area contributed by atoms with Gasteiger partial charge in [0.05, 0.1) is 13.0 Å². The number of nitrogens with zero attached hydrogens (tertiary/aromatic N) is 1. The van der Waals surface area contributed by atoms with E-state index in [0.29, 0.717) is 11.0 Å². The molecule has 1 amide bonds. The summed E-state index contributed by atoms with van der Waals surface area (Å²) in [5, 5.41) is 7.01. The Morgan fingerprint density at radius 3 is 2.71 bits per heavy atom. The number of thiazole rings is 1. The standard InChI is InChI=1S/C18H23N3O2S/c1-12(13-3-5-15(23-2)6-4-13)17(22)21-18-20-11-16(24-18)14-7-9-19-10-8-14/h3-6,11-12,14,19H,7-10H2,1-2H3,(H,20,21,22). The maximum absolute atomic E-state index is 12.5. The van der Waals surface area contributed by atoms with Crippen LogP contribution in [0.3, 0.4) is 0 Å². The predicted octanol–water partition coefficient (Wildman–Crippen LogP) is 3.36. The van der Waals surface area contributed by atoms with Crippen molar-refractivity contribution in [1.29, 1.82) is 0 Å². The summed E-state index contributed by atoms with van der Waals surface area (Å²) >= 11 is 1.60. The van der Waals surface area contributed by atoms with Crippen molar-refractivity contribution in [3.05, 3.63) is 40.9 Å². The number of nitrogens with one attached hydrogen (secondary N) is 2. The second kappa shape index (κ2) is 7.77. The zero-order chi connectivity index (χ0) is 16.9. The fourth-order valence-electron chi connectivity index (χ4n) is 2.90. The number of hydrogen-bond acceptors (Lipinski definition) is 5. The zero-order valence-electron chi connectivity index (χ0n) is 14.0. The van der Waals surface area contributed by atoms with E-state index in [1.165, 1.54) is 4.88 Å². The van der Waals surface area contributed by atoms with Gasteiger partial charge in [-0.25, -0.2) is 4.98 Å². The van der Waals surface area contributed by atoms with Crippen LogP contribution in [0.15, 0.2) is 30.5 Å². The summed E-state index contributed by atoms with van der Waals surface area (Å²) < 4.78 is 5.15. The predicted molar refractivity (Wildman–Crippen MR) is 97.0 cm³/mol. The highest BCUT2D eigenvalue weighted by Crippen LogP contribution is 2.32. The molecule has 2 heterocycles. The molecule has 24 heavy (non-hydrogen) atoms. The van der Waals surface area contributed by atoms with Gasteiger partial charge >= 0.3 is 0 Å². The second-order valence-electron chi connectivity index (χ2n) is 6.08. The molecule has 1 aliphatic heterocycles. The molecule has 6 heteroatoms. The molecule has 0 radical (unpaired) electrons. The van der Waals surface area contributed by atoms with Crippen LogP contribution in [0, 0.1) is 0 Å². The molecule has 3 rings (SSSR count). The molecule has 1 atom stereocenters. The Labute approximate surface area is 146 Å². The lowest BCUT2D eigenvalue weighted by atomic mass is 9.97. The van der Waals surface area contributed by atoms with Gasteiger partial charge in [-0.1, -0.05) is 12.1 Å². The normalized spacial score (nSPS) is 16.6. The minimum atomic E-state index is -0.234. The topological polar surface area (TPSA) is 63.2 Å². The first kappa shape index (κ1) is 16.9. The van der Waals surface area contributed by atoms with Gasteiger partial charge < -0.3 is 15.4 Å². The number of hydrogen-bond donors (Lipinski definition) is 2. The lowest BCUT2D eigenvalue weighted by Gasteiger charge is -2.20. The molecule has 1 unspecified atom stereocenters. The fourth-order valence-corrected chi connectivity index (χ4v) is 3.89. The molecular formula is C18H23N3O2S. The highest BCUT2D eigenvalue weighted by molar-refractivity contribution is 7.15. The number of benzene rings is 1. The maximum atomic E-state index is 12.5. The van der Waals surface area contributed by atoms with Gasteiger partial charge in [-0.05, 0) is 56.5 Å². The lowest BCUT2D eigenvalue weighted by Crippen LogP contribution is -2.26. The molecule has 0 spiro atoms. The Morgan fingerprint density at radius 1 is 1.33 bits per heavy atom. The van der Waals surface area contributed by atoms with E-state index >= 15 is 0 Å². The smallest absolute Gasteiger partial charge is 0.233 e. The maximum Gasteiger partial charge on any atom is 0.233 e. The molecule has 1 aliphatic rings. The molecule has 2 N–H and O–H groups in total. The summed E-state index contributed by atoms with van der Waals surface area (Å²) in [7, 11) is 1.63. The summed E-state index contributed by atoms with van der Waals surface area (Å²) in [6.45, 7) is 4.01. The third kappa shape index (κ3) is 3.94. The van der Waals surface area contributed by atoms with Crippen LogP contribution in [0.2, 0.25) is 0 Å². The molecule has 5 nitrogen and oxygen atoms in total. The molecule has 1 aromatic carbocycles. The quantitative estimate of drug-likeness (QED) is 0.872. The van der Waals surface area contributed by atoms with E-state index in [1.807, 2.05) is 37.4 Å². The first-order valence-electron chi connectivity index (χ1n) is 8.28. The van der Waals surface area contributed by atoms with Gasteiger partial charge in [-0.15, -0.1) is 11.3 Å². The number of ether oxygens (including phenoxy) is 1. The SMILES string of the molecule is COc1ccc(C(C)C(=O)Nc2ncc(C3CCNCC3)s2)cc1. The number of carbonyl (C=O) groups excluding carboxylic acids is 1. The number of methoxy groups -OCH3 is 1. The van der Waals surface area contributed by atoms with Crippen molar-refractivity contribution in [1.82, 2.24) is 10.3 Å². The van der Waals surface area contributed by atoms with Crippen molar-refractivity contribution < 1.29 is 9.53 Å². The minimum Gasteiger partial charge on any atom is -0.497 e. The molecule has 0 aliphatic carbocycles. The van der Waals surface area contributed by atoms with Crippen molar-refractivity contribution in [2.24, 2.45) is 0 Å². The highest BCUT2D eigenvalue weighted by Gasteiger charge is 2.20. The van der Waals surface area contributed by atoms with Crippen LogP contribution in [0.25, 0.3) is 0 Å². The number of rotatable bonds is 5. The van der Waals surface area contributed by atoms with Crippen LogP contribution in [-0.2, 0) is 4.79 Å². The minimum absolute atomic E-state index is 0.0358. The largest absolute Gasteiger partial charge is 0.497 e. The Bertz CT molecular complexity index is 678. The summed E-state index contributed by atoms with van der Waals surface area (Å²) in [4.78, 5) is 18.1. The van der Waals surface area contributed by atoms with Gasteiger partial charge in [0.25, 0.3) is 0 Å². The monoisotopic (exact) mass is 345 g/mol. The molecule has 128 valence electrons. The number of piperidine rings is 1. The van der Waals surface area contributed by atoms with Crippen LogP contribution >= 0.6 is 11.3 Å². The Morgan fingerprint density at radius 2 is 2.04 bits per heavy atom. The average molecular weight is 345 g/mol. The van der Waals surface area contributed by atoms with Gasteiger partial charge in [-0.3, -0.25) is 4.79 Å². The van der Waals surface area contributed by atoms with Crippen molar-refractivity contribution in [3.8, 4) is 5.75 Å². The van der Waals surface area contributed by atoms with E-state index in [4.69, 9.17) is 4.74 Å². The van der Waals surface area contributed by atoms with Crippen LogP contribution in [0.5, 0.6) is 5.75 Å². The first-order chi connectivity index (χ1) is 11.7. The Balaban J connectivity index is 1.62. The molecular weight excluding hydrogens is 322 g/mol. The number of aromatic nitrogens is 1. The molecule has 2 aromatic rings. The number of amides is 1. The third-order valence-electron chi connectivity index (χ3n) is 4.50. The first-order valence-corrected chi connectivity index (χ1v) is 9.10. The average Bonchev–Trinajstić information content (AvgIpc) is 3.10. The van der Waals surface area contributed by atoms with Crippen molar-refractivity contribution >= 4 is 22.4 Å². The summed E-state index contributed by atoms with van der Waals surface area (Å²) in [5.41, 5.74) is 0.962. The van der Waals surface area contributed by atoms with E-state index in [0.717, 1.165) is 37.2 Å². The van der Waals surface area contributed by atoms with Crippen LogP contribution in [-0.4, -0.2) is 31.1 Å². The molecule has 1 aromatic heterocycles. The molecule has 0 saturated carbocycles. The van der Waals surface area contributed by atoms with Gasteiger partial charge in [0.2, 0.25) is 5.91 Å². The van der Waals surface area contributed by atoms with E-state index in [2.05, 4.69) is 15.6 Å². The third-order valence-corrected chi connectivity index (χ3v) is 5.58. The number of anilines is 1. The fraction of sp³-hybridized carbons (Fsp3) is 0.444. The van der Waals surface area contributed by atoms with Crippen molar-refractivity contribution in [2.45, 2.75) is 31.6 Å². The zero-order valence-corrected chi connectivity index (χ0v) is 14.9. The number of carbonyl (C=O) groups is 1. The van der Waals surface area contributed by atoms with Crippen LogP contribution < -0.4 is 15.4 Å². The lowest BCUT2D eigenvalue weighted by molar-refractivity contribution is -0.117. The van der Waals surface area contributed by atoms with Gasteiger partial charge in [0.1, 0.15) is 5.75 Å². The van der Waals surface area contributed by atoms with Crippen molar-refractivity contribution in [3.63, 3.8) is 0 Å². The summed E-state index contributed by atoms with van der Waals surface area (Å²) in [5.74, 6) is 1.08. The summed E-state index contributed by atoms with van der Waals surface area (Å²) in [6, 6.07) is 7.59. The van der Waals surface area contributed by atoms with Gasteiger partial charge in [0, 0.05) is 11.1 Å². The van der Waals surface area contributed by atoms with E-state index < -0.39 is 0 Å². The highest BCUT2D eigenvalue weighted by atomic mass is 32.1. The van der Waals surface area contributed by atoms with E-state index in [1.54, 1.807) is 18.4 Å². The van der Waals surface area contributed by atoms with E-state index in [-0.39, 0.29) is 11.8 Å². The molecule has 1 saturated heterocycles. The molecule has 1 fully saturated rings. The Kier molecular flexibility index (Phi) is 5.48. The Hall–Kier alpha value is -1.92. The summed E-state index contributed by atoms with van der Waals surface area (Å²) in [6.07, 6.45) is 4.18. The second-order valence-corrected chi connectivity index (χ2v) is 7.14. The van der Waals surface area contributed by atoms with Gasteiger partial charge in [-0.2, -0.15) is 0 Å².